The first-order chi connectivity index (χ1) is 13.4. The van der Waals surface area contributed by atoms with Crippen molar-refractivity contribution in [1.82, 2.24) is 9.97 Å². The van der Waals surface area contributed by atoms with E-state index in [1.165, 1.54) is 6.26 Å². The fraction of sp³-hybridized carbons (Fsp3) is 0.238. The zero-order valence-electron chi connectivity index (χ0n) is 15.5. The van der Waals surface area contributed by atoms with Gasteiger partial charge in [0.15, 0.2) is 9.84 Å². The standard InChI is InChI=1S/C21H21N3O3S/c1-28(26,27)18-8-4-16(5-9-18)24-20-12-19-15(13-23-20)10-11-22-21(19)14-2-6-17(25)7-3-14/h2,4-5,8-13,17,25H,3,6-7H2,1H3,(H,23,24). The van der Waals surface area contributed by atoms with E-state index in [1.807, 2.05) is 12.1 Å². The van der Waals surface area contributed by atoms with Crippen LogP contribution < -0.4 is 5.32 Å². The third-order valence-corrected chi connectivity index (χ3v) is 6.02. The average molecular weight is 395 g/mol. The largest absolute Gasteiger partial charge is 0.393 e. The monoisotopic (exact) mass is 395 g/mol. The lowest BCUT2D eigenvalue weighted by Gasteiger charge is -2.18. The highest BCUT2D eigenvalue weighted by Gasteiger charge is 2.16. The van der Waals surface area contributed by atoms with Gasteiger partial charge in [-0.2, -0.15) is 0 Å². The lowest BCUT2D eigenvalue weighted by molar-refractivity contribution is 0.166. The number of nitrogens with zero attached hydrogens (tertiary/aromatic N) is 2. The van der Waals surface area contributed by atoms with E-state index in [0.29, 0.717) is 12.2 Å². The highest BCUT2D eigenvalue weighted by molar-refractivity contribution is 7.90. The number of fused-ring (bicyclic) bond motifs is 1. The molecular weight excluding hydrogens is 374 g/mol. The van der Waals surface area contributed by atoms with Crippen molar-refractivity contribution in [3.63, 3.8) is 0 Å². The number of sulfone groups is 1. The highest BCUT2D eigenvalue weighted by Crippen LogP contribution is 2.31. The van der Waals surface area contributed by atoms with Gasteiger partial charge < -0.3 is 10.4 Å². The molecule has 2 aromatic heterocycles. The quantitative estimate of drug-likeness (QED) is 0.700. The number of hydrogen-bond acceptors (Lipinski definition) is 6. The average Bonchev–Trinajstić information content (AvgIpc) is 2.68. The van der Waals surface area contributed by atoms with Crippen LogP contribution >= 0.6 is 0 Å². The van der Waals surface area contributed by atoms with E-state index in [-0.39, 0.29) is 11.0 Å². The predicted octanol–water partition coefficient (Wildman–Crippen LogP) is 3.71. The Kier molecular flexibility index (Phi) is 4.87. The molecule has 4 rings (SSSR count). The van der Waals surface area contributed by atoms with Gasteiger partial charge in [0, 0.05) is 35.1 Å². The maximum absolute atomic E-state index is 11.6. The highest BCUT2D eigenvalue weighted by atomic mass is 32.2. The normalized spacial score (nSPS) is 17.4. The molecule has 2 heterocycles. The lowest BCUT2D eigenvalue weighted by atomic mass is 9.93. The molecule has 0 bridgehead atoms. The van der Waals surface area contributed by atoms with E-state index < -0.39 is 9.84 Å². The molecule has 6 nitrogen and oxygen atoms in total. The molecule has 1 aromatic carbocycles. The summed E-state index contributed by atoms with van der Waals surface area (Å²) in [5, 5.41) is 15.0. The smallest absolute Gasteiger partial charge is 0.175 e. The van der Waals surface area contributed by atoms with E-state index in [2.05, 4.69) is 21.4 Å². The van der Waals surface area contributed by atoms with Crippen molar-refractivity contribution in [1.29, 1.82) is 0 Å². The number of pyridine rings is 2. The SMILES string of the molecule is CS(=O)(=O)c1ccc(Nc2cc3c(C4=CCC(O)CC4)nccc3cn2)cc1. The molecule has 0 spiro atoms. The lowest BCUT2D eigenvalue weighted by Crippen LogP contribution is -2.10. The maximum atomic E-state index is 11.6. The Labute approximate surface area is 163 Å². The third kappa shape index (κ3) is 3.90. The summed E-state index contributed by atoms with van der Waals surface area (Å²) in [6.07, 6.45) is 8.75. The van der Waals surface area contributed by atoms with Crippen LogP contribution in [0.4, 0.5) is 11.5 Å². The Morgan fingerprint density at radius 1 is 1.14 bits per heavy atom. The minimum absolute atomic E-state index is 0.271. The fourth-order valence-electron chi connectivity index (χ4n) is 3.36. The van der Waals surface area contributed by atoms with Gasteiger partial charge in [0.25, 0.3) is 0 Å². The molecule has 2 N–H and O–H groups in total. The van der Waals surface area contributed by atoms with Gasteiger partial charge in [-0.3, -0.25) is 4.98 Å². The van der Waals surface area contributed by atoms with Gasteiger partial charge in [-0.15, -0.1) is 0 Å². The molecule has 0 radical (unpaired) electrons. The van der Waals surface area contributed by atoms with Crippen molar-refractivity contribution >= 4 is 37.7 Å². The fourth-order valence-corrected chi connectivity index (χ4v) is 3.99. The summed E-state index contributed by atoms with van der Waals surface area (Å²) in [6, 6.07) is 10.5. The van der Waals surface area contributed by atoms with E-state index >= 15 is 0 Å². The van der Waals surface area contributed by atoms with Crippen LogP contribution in [0, 0.1) is 0 Å². The number of aliphatic hydroxyl groups is 1. The molecule has 7 heteroatoms. The molecule has 1 atom stereocenters. The van der Waals surface area contributed by atoms with Crippen LogP contribution in [-0.2, 0) is 9.84 Å². The molecule has 0 fully saturated rings. The minimum Gasteiger partial charge on any atom is -0.393 e. The van der Waals surface area contributed by atoms with Crippen molar-refractivity contribution in [2.75, 3.05) is 11.6 Å². The molecule has 3 aromatic rings. The van der Waals surface area contributed by atoms with Crippen LogP contribution in [0.25, 0.3) is 16.3 Å². The Hall–Kier alpha value is -2.77. The summed E-state index contributed by atoms with van der Waals surface area (Å²) in [5.74, 6) is 0.658. The first-order valence-electron chi connectivity index (χ1n) is 9.09. The second-order valence-corrected chi connectivity index (χ2v) is 9.05. The van der Waals surface area contributed by atoms with Crippen LogP contribution in [0.5, 0.6) is 0 Å². The number of nitrogens with one attached hydrogen (secondary N) is 1. The van der Waals surface area contributed by atoms with Crippen LogP contribution in [-0.4, -0.2) is 35.9 Å². The molecule has 0 saturated carbocycles. The number of hydrogen-bond donors (Lipinski definition) is 2. The van der Waals surface area contributed by atoms with Crippen LogP contribution in [0.2, 0.25) is 0 Å². The maximum Gasteiger partial charge on any atom is 0.175 e. The molecule has 28 heavy (non-hydrogen) atoms. The van der Waals surface area contributed by atoms with Gasteiger partial charge in [0.1, 0.15) is 5.82 Å². The van der Waals surface area contributed by atoms with Crippen LogP contribution in [0.15, 0.2) is 59.8 Å². The van der Waals surface area contributed by atoms with Crippen molar-refractivity contribution in [3.8, 4) is 0 Å². The van der Waals surface area contributed by atoms with Gasteiger partial charge >= 0.3 is 0 Å². The molecule has 1 aliphatic rings. The number of aromatic nitrogens is 2. The molecule has 0 amide bonds. The summed E-state index contributed by atoms with van der Waals surface area (Å²) < 4.78 is 23.2. The number of benzene rings is 1. The summed E-state index contributed by atoms with van der Waals surface area (Å²) >= 11 is 0. The zero-order chi connectivity index (χ0) is 19.7. The molecule has 0 saturated heterocycles. The second-order valence-electron chi connectivity index (χ2n) is 7.03. The summed E-state index contributed by atoms with van der Waals surface area (Å²) in [6.45, 7) is 0. The van der Waals surface area contributed by atoms with Gasteiger partial charge in [0.2, 0.25) is 0 Å². The molecular formula is C21H21N3O3S. The van der Waals surface area contributed by atoms with Crippen LogP contribution in [0.1, 0.15) is 25.0 Å². The van der Waals surface area contributed by atoms with Crippen molar-refractivity contribution < 1.29 is 13.5 Å². The number of aliphatic hydroxyl groups excluding tert-OH is 1. The number of anilines is 2. The van der Waals surface area contributed by atoms with Gasteiger partial charge in [-0.05, 0) is 61.2 Å². The Bertz CT molecular complexity index is 1160. The van der Waals surface area contributed by atoms with E-state index in [9.17, 15) is 13.5 Å². The van der Waals surface area contributed by atoms with Gasteiger partial charge in [-0.1, -0.05) is 6.08 Å². The summed E-state index contributed by atoms with van der Waals surface area (Å²) in [5.41, 5.74) is 2.82. The first-order valence-corrected chi connectivity index (χ1v) is 11.0. The second kappa shape index (κ2) is 7.33. The predicted molar refractivity (Wildman–Crippen MR) is 110 cm³/mol. The molecule has 1 unspecified atom stereocenters. The minimum atomic E-state index is -3.22. The molecule has 0 aliphatic heterocycles. The van der Waals surface area contributed by atoms with E-state index in [0.717, 1.165) is 40.6 Å². The number of allylic oxidation sites excluding steroid dienone is 1. The molecule has 144 valence electrons. The van der Waals surface area contributed by atoms with Crippen molar-refractivity contribution in [3.05, 3.63) is 60.6 Å². The van der Waals surface area contributed by atoms with Gasteiger partial charge in [0.05, 0.1) is 16.7 Å². The first kappa shape index (κ1) is 18.6. The molecule has 1 aliphatic carbocycles. The summed E-state index contributed by atoms with van der Waals surface area (Å²) in [4.78, 5) is 9.31. The third-order valence-electron chi connectivity index (χ3n) is 4.89. The van der Waals surface area contributed by atoms with E-state index in [4.69, 9.17) is 0 Å². The van der Waals surface area contributed by atoms with E-state index in [1.54, 1.807) is 36.7 Å². The number of rotatable bonds is 4. The van der Waals surface area contributed by atoms with Gasteiger partial charge in [-0.25, -0.2) is 13.4 Å². The summed E-state index contributed by atoms with van der Waals surface area (Å²) in [7, 11) is -3.22. The van der Waals surface area contributed by atoms with Crippen molar-refractivity contribution in [2.45, 2.75) is 30.3 Å². The topological polar surface area (TPSA) is 92.2 Å². The Morgan fingerprint density at radius 2 is 1.93 bits per heavy atom. The Morgan fingerprint density at radius 3 is 2.61 bits per heavy atom. The van der Waals surface area contributed by atoms with Crippen LogP contribution in [0.3, 0.4) is 0 Å². The Balaban J connectivity index is 1.67. The van der Waals surface area contributed by atoms with Crippen molar-refractivity contribution in [2.24, 2.45) is 0 Å². The zero-order valence-corrected chi connectivity index (χ0v) is 16.3.